The second-order valence-corrected chi connectivity index (χ2v) is 3.28. The Bertz CT molecular complexity index is 214. The minimum atomic E-state index is -0.643. The van der Waals surface area contributed by atoms with Crippen LogP contribution in [0.2, 0.25) is 0 Å². The number of ether oxygens (including phenoxy) is 1. The molecule has 0 atom stereocenters. The molecule has 0 unspecified atom stereocenters. The summed E-state index contributed by atoms with van der Waals surface area (Å²) in [4.78, 5) is 22.0. The van der Waals surface area contributed by atoms with Crippen LogP contribution in [0.4, 0.5) is 0 Å². The summed E-state index contributed by atoms with van der Waals surface area (Å²) < 4.78 is 4.54. The fraction of sp³-hybridized carbons (Fsp3) is 0.600. The lowest BCUT2D eigenvalue weighted by molar-refractivity contribution is -0.160. The highest BCUT2D eigenvalue weighted by Crippen LogP contribution is 2.24. The molecule has 72 valence electrons. The fourth-order valence-corrected chi connectivity index (χ4v) is 1.56. The van der Waals surface area contributed by atoms with Gasteiger partial charge in [-0.25, -0.2) is 4.79 Å². The molecule has 3 heteroatoms. The molecule has 1 aliphatic rings. The first-order valence-corrected chi connectivity index (χ1v) is 4.62. The molecule has 0 amide bonds. The molecule has 0 saturated heterocycles. The van der Waals surface area contributed by atoms with Crippen LogP contribution in [0.3, 0.4) is 0 Å². The molecule has 0 aromatic rings. The summed E-state index contributed by atoms with van der Waals surface area (Å²) in [7, 11) is 0. The normalized spacial score (nSPS) is 17.8. The Morgan fingerprint density at radius 2 is 1.85 bits per heavy atom. The van der Waals surface area contributed by atoms with Crippen LogP contribution in [0.1, 0.15) is 32.1 Å². The molecule has 0 aromatic heterocycles. The summed E-state index contributed by atoms with van der Waals surface area (Å²) in [5.74, 6) is -1.10. The summed E-state index contributed by atoms with van der Waals surface area (Å²) in [6.45, 7) is 3.23. The maximum absolute atomic E-state index is 11.3. The van der Waals surface area contributed by atoms with Gasteiger partial charge in [-0.1, -0.05) is 25.8 Å². The highest BCUT2D eigenvalue weighted by atomic mass is 16.6. The highest BCUT2D eigenvalue weighted by molar-refractivity contribution is 5.92. The van der Waals surface area contributed by atoms with Gasteiger partial charge in [-0.3, -0.25) is 4.79 Å². The molecule has 1 fully saturated rings. The van der Waals surface area contributed by atoms with E-state index in [0.29, 0.717) is 0 Å². The van der Waals surface area contributed by atoms with Crippen molar-refractivity contribution in [3.05, 3.63) is 12.7 Å². The van der Waals surface area contributed by atoms with Gasteiger partial charge in [-0.2, -0.15) is 0 Å². The second-order valence-electron chi connectivity index (χ2n) is 3.28. The third kappa shape index (κ3) is 3.01. The molecule has 13 heavy (non-hydrogen) atoms. The molecule has 3 nitrogen and oxygen atoms in total. The monoisotopic (exact) mass is 182 g/mol. The van der Waals surface area contributed by atoms with Crippen molar-refractivity contribution in [1.82, 2.24) is 0 Å². The Hall–Kier alpha value is -1.12. The minimum Gasteiger partial charge on any atom is -0.390 e. The smallest absolute Gasteiger partial charge is 0.337 e. The third-order valence-electron chi connectivity index (χ3n) is 2.31. The molecule has 0 heterocycles. The number of carbonyl (C=O) groups is 2. The molecule has 0 bridgehead atoms. The van der Waals surface area contributed by atoms with Crippen LogP contribution >= 0.6 is 0 Å². The van der Waals surface area contributed by atoms with Crippen LogP contribution < -0.4 is 0 Å². The summed E-state index contributed by atoms with van der Waals surface area (Å²) in [5.41, 5.74) is 0. The first kappa shape index (κ1) is 9.96. The van der Waals surface area contributed by atoms with Crippen molar-refractivity contribution in [3.63, 3.8) is 0 Å². The lowest BCUT2D eigenvalue weighted by Crippen LogP contribution is -2.22. The molecule has 0 N–H and O–H groups in total. The second kappa shape index (κ2) is 4.80. The van der Waals surface area contributed by atoms with Crippen molar-refractivity contribution < 1.29 is 14.3 Å². The van der Waals surface area contributed by atoms with Gasteiger partial charge in [0.15, 0.2) is 0 Å². The largest absolute Gasteiger partial charge is 0.390 e. The van der Waals surface area contributed by atoms with Crippen molar-refractivity contribution in [3.8, 4) is 0 Å². The lowest BCUT2D eigenvalue weighted by atomic mass is 9.89. The van der Waals surface area contributed by atoms with Crippen LogP contribution in [0.25, 0.3) is 0 Å². The van der Waals surface area contributed by atoms with Gasteiger partial charge in [-0.05, 0) is 12.8 Å². The zero-order valence-electron chi connectivity index (χ0n) is 7.62. The Kier molecular flexibility index (Phi) is 3.68. The van der Waals surface area contributed by atoms with E-state index >= 15 is 0 Å². The topological polar surface area (TPSA) is 43.4 Å². The molecule has 1 rings (SSSR count). The Morgan fingerprint density at radius 3 is 2.38 bits per heavy atom. The van der Waals surface area contributed by atoms with Crippen LogP contribution in [-0.4, -0.2) is 11.9 Å². The fourth-order valence-electron chi connectivity index (χ4n) is 1.56. The predicted molar refractivity (Wildman–Crippen MR) is 47.9 cm³/mol. The van der Waals surface area contributed by atoms with Gasteiger partial charge in [0.1, 0.15) is 0 Å². The van der Waals surface area contributed by atoms with Crippen LogP contribution in [0, 0.1) is 5.92 Å². The van der Waals surface area contributed by atoms with E-state index in [1.165, 1.54) is 6.42 Å². The van der Waals surface area contributed by atoms with Gasteiger partial charge in [0.05, 0.1) is 5.92 Å². The Balaban J connectivity index is 2.37. The molecular formula is C10H14O3. The maximum atomic E-state index is 11.3. The van der Waals surface area contributed by atoms with Crippen molar-refractivity contribution >= 4 is 11.9 Å². The van der Waals surface area contributed by atoms with E-state index in [4.69, 9.17) is 0 Å². The van der Waals surface area contributed by atoms with E-state index in [1.54, 1.807) is 0 Å². The van der Waals surface area contributed by atoms with Crippen LogP contribution in [0.15, 0.2) is 12.7 Å². The summed E-state index contributed by atoms with van der Waals surface area (Å²) in [5, 5.41) is 0. The molecule has 0 spiro atoms. The minimum absolute atomic E-state index is 0.0716. The standard InChI is InChI=1S/C10H14O3/c1-2-9(11)13-10(12)8-6-4-3-5-7-8/h2,8H,1,3-7H2. The molecule has 0 aliphatic heterocycles. The molecule has 0 aromatic carbocycles. The molecule has 0 radical (unpaired) electrons. The Morgan fingerprint density at radius 1 is 1.23 bits per heavy atom. The Labute approximate surface area is 77.8 Å². The van der Waals surface area contributed by atoms with E-state index in [1.807, 2.05) is 0 Å². The van der Waals surface area contributed by atoms with E-state index < -0.39 is 5.97 Å². The number of hydrogen-bond donors (Lipinski definition) is 0. The van der Waals surface area contributed by atoms with E-state index in [2.05, 4.69) is 11.3 Å². The van der Waals surface area contributed by atoms with Crippen LogP contribution in [0.5, 0.6) is 0 Å². The highest BCUT2D eigenvalue weighted by Gasteiger charge is 2.23. The van der Waals surface area contributed by atoms with E-state index in [0.717, 1.165) is 31.8 Å². The van der Waals surface area contributed by atoms with Gasteiger partial charge in [0, 0.05) is 6.08 Å². The first-order chi connectivity index (χ1) is 6.24. The van der Waals surface area contributed by atoms with Crippen molar-refractivity contribution in [2.45, 2.75) is 32.1 Å². The van der Waals surface area contributed by atoms with Gasteiger partial charge in [0.2, 0.25) is 0 Å². The summed E-state index contributed by atoms with van der Waals surface area (Å²) in [6.07, 6.45) is 6.01. The average Bonchev–Trinajstić information content (AvgIpc) is 2.19. The molecule has 1 aliphatic carbocycles. The average molecular weight is 182 g/mol. The zero-order valence-corrected chi connectivity index (χ0v) is 7.62. The molecular weight excluding hydrogens is 168 g/mol. The van der Waals surface area contributed by atoms with E-state index in [9.17, 15) is 9.59 Å². The lowest BCUT2D eigenvalue weighted by Gasteiger charge is -2.18. The van der Waals surface area contributed by atoms with Gasteiger partial charge in [0.25, 0.3) is 0 Å². The predicted octanol–water partition coefficient (Wildman–Crippen LogP) is 1.82. The number of rotatable bonds is 2. The first-order valence-electron chi connectivity index (χ1n) is 4.62. The van der Waals surface area contributed by atoms with E-state index in [-0.39, 0.29) is 11.9 Å². The van der Waals surface area contributed by atoms with Crippen molar-refractivity contribution in [1.29, 1.82) is 0 Å². The van der Waals surface area contributed by atoms with Gasteiger partial charge < -0.3 is 4.74 Å². The molecule has 1 saturated carbocycles. The number of carbonyl (C=O) groups excluding carboxylic acids is 2. The zero-order chi connectivity index (χ0) is 9.68. The van der Waals surface area contributed by atoms with Crippen molar-refractivity contribution in [2.75, 3.05) is 0 Å². The number of esters is 2. The third-order valence-corrected chi connectivity index (χ3v) is 2.31. The number of hydrogen-bond acceptors (Lipinski definition) is 3. The van der Waals surface area contributed by atoms with Gasteiger partial charge in [-0.15, -0.1) is 0 Å². The van der Waals surface area contributed by atoms with Crippen LogP contribution in [-0.2, 0) is 14.3 Å². The SMILES string of the molecule is C=CC(=O)OC(=O)C1CCCCC1. The summed E-state index contributed by atoms with van der Waals surface area (Å²) in [6, 6.07) is 0. The van der Waals surface area contributed by atoms with Gasteiger partial charge >= 0.3 is 11.9 Å². The van der Waals surface area contributed by atoms with Crippen molar-refractivity contribution in [2.24, 2.45) is 5.92 Å². The maximum Gasteiger partial charge on any atom is 0.337 e. The quantitative estimate of drug-likeness (QED) is 0.371. The summed E-state index contributed by atoms with van der Waals surface area (Å²) >= 11 is 0.